The van der Waals surface area contributed by atoms with Crippen molar-refractivity contribution in [2.24, 2.45) is 33.8 Å². The predicted octanol–water partition coefficient (Wildman–Crippen LogP) is -11.7. The second-order valence-electron chi connectivity index (χ2n) is 29.1. The minimum absolute atomic E-state index is 0.0302. The number of nitrogens with one attached hydrogen (secondary N) is 14. The largest absolute Gasteiger partial charge is 0.508 e. The van der Waals surface area contributed by atoms with Crippen molar-refractivity contribution in [3.8, 4) is 5.75 Å². The third kappa shape index (κ3) is 36.7. The van der Waals surface area contributed by atoms with Crippen LogP contribution in [-0.4, -0.2) is 328 Å². The molecule has 0 bridgehead atoms. The standard InChI is InChI=1S/C72H116N20O29S/c1-31(2)52(68(117)86-46(29-94)65(114)91-55(36(7)97)71(120)121)88-63(112)44(27-51(103)104)83-59(108)41(13-10-24-77-72(75)76)81-61(110)42(20-22-50(101)102)82-64(113)45(28-93)85-60(109)40(12-8-9-23-73)80-56(105)32(3)79-67(116)48-14-11-25-92(48)70(119)54(35(6)96)90-57(106)33(4)78-66(115)47(30-122)87-62(111)43(26-37-15-17-38(98)18-16-37)84-69(118)53(34(5)95)89-58(107)39(74)19-21-49(99)100/h15-18,31-36,39-48,52-55,93-98,122H,8-14,19-30,73-74H2,1-7H3,(H,78,115)(H,79,116)(H,80,105)(H,81,110)(H,82,113)(H,83,108)(H,84,118)(H,85,109)(H,86,117)(H,87,111)(H,88,112)(H,89,107)(H,90,106)(H,91,114)(H,99,100)(H,101,102)(H,103,104)(H,120,121)(H4,75,76,77)/t32-,33-,34+,35+,36+,39-,40-,41-,42-,43-,44-,45-,46-,47-,48-,52-,53-,54-,55-/m0/s1. The minimum atomic E-state index is -2.09. The lowest BCUT2D eigenvalue weighted by Crippen LogP contribution is -2.62. The summed E-state index contributed by atoms with van der Waals surface area (Å²) in [6.45, 7) is 5.76. The number of hydrogen-bond donors (Lipinski definition) is 29. The van der Waals surface area contributed by atoms with Gasteiger partial charge in [0.05, 0.1) is 44.0 Å². The molecule has 2 rings (SSSR count). The number of rotatable bonds is 55. The number of carbonyl (C=O) groups is 19. The van der Waals surface area contributed by atoms with Gasteiger partial charge >= 0.3 is 23.9 Å². The summed E-state index contributed by atoms with van der Waals surface area (Å²) in [6.07, 6.45) is -9.24. The molecule has 15 amide bonds. The number of phenolic OH excluding ortho intramolecular Hbond substituents is 1. The summed E-state index contributed by atoms with van der Waals surface area (Å²) in [7, 11) is 0. The lowest BCUT2D eigenvalue weighted by molar-refractivity contribution is -0.145. The van der Waals surface area contributed by atoms with E-state index < -0.39 is 290 Å². The number of nitrogens with zero attached hydrogens (tertiary/aromatic N) is 2. The van der Waals surface area contributed by atoms with E-state index in [9.17, 15) is 137 Å². The number of unbranched alkanes of at least 4 members (excludes halogenated alkanes) is 1. The van der Waals surface area contributed by atoms with Crippen LogP contribution in [0.4, 0.5) is 0 Å². The maximum absolute atomic E-state index is 14.3. The molecular weight excluding hydrogens is 1640 g/mol. The molecule has 0 spiro atoms. The Morgan fingerprint density at radius 1 is 0.459 bits per heavy atom. The van der Waals surface area contributed by atoms with Crippen LogP contribution in [0.3, 0.4) is 0 Å². The fraction of sp³-hybridized carbons (Fsp3) is 0.639. The van der Waals surface area contributed by atoms with E-state index in [1.54, 1.807) is 0 Å². The number of benzene rings is 1. The van der Waals surface area contributed by atoms with Crippen LogP contribution in [0.1, 0.15) is 131 Å². The molecule has 0 unspecified atom stereocenters. The zero-order chi connectivity index (χ0) is 92.7. The first-order valence-corrected chi connectivity index (χ1v) is 39.4. The summed E-state index contributed by atoms with van der Waals surface area (Å²) < 4.78 is 0. The number of amides is 15. The van der Waals surface area contributed by atoms with Gasteiger partial charge in [0.25, 0.3) is 0 Å². The molecule has 1 heterocycles. The third-order valence-electron chi connectivity index (χ3n) is 18.7. The van der Waals surface area contributed by atoms with Crippen LogP contribution in [0.5, 0.6) is 5.75 Å². The summed E-state index contributed by atoms with van der Waals surface area (Å²) in [5.41, 5.74) is 22.8. The molecule has 122 heavy (non-hydrogen) atoms. The Morgan fingerprint density at radius 2 is 0.869 bits per heavy atom. The summed E-state index contributed by atoms with van der Waals surface area (Å²) in [6, 6.07) is -22.2. The van der Waals surface area contributed by atoms with Gasteiger partial charge in [-0.15, -0.1) is 0 Å². The van der Waals surface area contributed by atoms with Crippen molar-refractivity contribution < 1.29 is 142 Å². The van der Waals surface area contributed by atoms with Gasteiger partial charge in [-0.25, -0.2) is 4.79 Å². The summed E-state index contributed by atoms with van der Waals surface area (Å²) in [5.74, 6) is -25.3. The topological polar surface area (TPSA) is 815 Å². The number of hydrogen-bond acceptors (Lipinski definition) is 29. The van der Waals surface area contributed by atoms with Gasteiger partial charge in [-0.05, 0) is 123 Å². The van der Waals surface area contributed by atoms with Gasteiger partial charge in [0.15, 0.2) is 12.0 Å². The molecule has 19 atom stereocenters. The number of aliphatic imine (C=N–C) groups is 1. The molecule has 0 saturated carbocycles. The molecule has 32 N–H and O–H groups in total. The fourth-order valence-electron chi connectivity index (χ4n) is 11.7. The van der Waals surface area contributed by atoms with Crippen LogP contribution in [0.15, 0.2) is 29.3 Å². The molecule has 1 aliphatic rings. The Bertz CT molecular complexity index is 3840. The van der Waals surface area contributed by atoms with Gasteiger partial charge in [0, 0.05) is 38.1 Å². The van der Waals surface area contributed by atoms with Crippen LogP contribution in [-0.2, 0) is 97.5 Å². The van der Waals surface area contributed by atoms with Crippen molar-refractivity contribution in [3.05, 3.63) is 29.8 Å². The third-order valence-corrected chi connectivity index (χ3v) is 19.0. The molecular formula is C72H116N20O29S. The number of nitrogens with two attached hydrogens (primary N) is 4. The highest BCUT2D eigenvalue weighted by Gasteiger charge is 2.43. The molecule has 1 aromatic rings. The minimum Gasteiger partial charge on any atom is -0.508 e. The number of likely N-dealkylation sites (tertiary alicyclic amines) is 1. The Kier molecular flexibility index (Phi) is 46.3. The van der Waals surface area contributed by atoms with Crippen molar-refractivity contribution >= 4 is 131 Å². The SMILES string of the molecule is CC(C)[C@H](NC(=O)[C@H](CC(=O)O)NC(=O)[C@H](CCCN=C(N)N)NC(=O)[C@H](CCC(=O)O)NC(=O)[C@H](CO)NC(=O)[C@H](CCCCN)NC(=O)[C@H](C)NC(=O)[C@@H]1CCCN1C(=O)[C@@H](NC(=O)[C@H](C)NC(=O)[C@H](CS)NC(=O)[C@H](Cc1ccc(O)cc1)NC(=O)[C@@H](NC(=O)[C@@H](N)CCC(=O)O)[C@@H](C)O)[C@@H](C)O)C(=O)N[C@@H](CO)C(=O)N[C@H](C(=O)O)[C@@H](C)O. The van der Waals surface area contributed by atoms with E-state index in [4.69, 9.17) is 28.0 Å². The highest BCUT2D eigenvalue weighted by molar-refractivity contribution is 7.80. The van der Waals surface area contributed by atoms with Gasteiger partial charge in [-0.2, -0.15) is 12.6 Å². The van der Waals surface area contributed by atoms with Crippen molar-refractivity contribution in [2.45, 2.75) is 247 Å². The van der Waals surface area contributed by atoms with E-state index in [1.165, 1.54) is 52.0 Å². The average molecular weight is 1760 g/mol. The number of thiol groups is 1. The number of carboxylic acids is 4. The van der Waals surface area contributed by atoms with Crippen molar-refractivity contribution in [3.63, 3.8) is 0 Å². The molecule has 684 valence electrons. The average Bonchev–Trinajstić information content (AvgIpc) is 1.65. The van der Waals surface area contributed by atoms with Gasteiger partial charge in [0.2, 0.25) is 88.6 Å². The number of aliphatic carboxylic acids is 4. The van der Waals surface area contributed by atoms with Crippen LogP contribution < -0.4 is 97.4 Å². The molecule has 0 radical (unpaired) electrons. The number of carbonyl (C=O) groups excluding carboxylic acids is 15. The van der Waals surface area contributed by atoms with Gasteiger partial charge in [-0.3, -0.25) is 91.3 Å². The normalized spacial score (nSPS) is 16.8. The highest BCUT2D eigenvalue weighted by atomic mass is 32.1. The number of aromatic hydroxyl groups is 1. The quantitative estimate of drug-likeness (QED) is 0.0125. The summed E-state index contributed by atoms with van der Waals surface area (Å²) in [4.78, 5) is 259. The molecule has 1 saturated heterocycles. The van der Waals surface area contributed by atoms with E-state index in [0.29, 0.717) is 5.56 Å². The van der Waals surface area contributed by atoms with Crippen molar-refractivity contribution in [2.75, 3.05) is 38.6 Å². The summed E-state index contributed by atoms with van der Waals surface area (Å²) >= 11 is 4.18. The Hall–Kier alpha value is -11.7. The summed E-state index contributed by atoms with van der Waals surface area (Å²) in [5, 5.41) is 131. The number of aliphatic hydroxyl groups is 5. The van der Waals surface area contributed by atoms with E-state index >= 15 is 0 Å². The van der Waals surface area contributed by atoms with Crippen LogP contribution in [0.25, 0.3) is 0 Å². The number of carboxylic acid groups (broad SMARTS) is 4. The smallest absolute Gasteiger partial charge is 0.328 e. The van der Waals surface area contributed by atoms with Gasteiger partial charge < -0.3 is 153 Å². The molecule has 1 aromatic carbocycles. The van der Waals surface area contributed by atoms with Gasteiger partial charge in [-0.1, -0.05) is 26.0 Å². The maximum atomic E-state index is 14.3. The van der Waals surface area contributed by atoms with Crippen molar-refractivity contribution in [1.82, 2.24) is 79.3 Å². The second kappa shape index (κ2) is 53.1. The number of guanidine groups is 1. The number of phenols is 1. The van der Waals surface area contributed by atoms with E-state index in [-0.39, 0.29) is 76.8 Å². The Balaban J connectivity index is 2.35. The molecule has 49 nitrogen and oxygen atoms in total. The number of aliphatic hydroxyl groups excluding tert-OH is 5. The van der Waals surface area contributed by atoms with E-state index in [2.05, 4.69) is 86.7 Å². The maximum Gasteiger partial charge on any atom is 0.328 e. The molecule has 1 fully saturated rings. The van der Waals surface area contributed by atoms with Crippen LogP contribution >= 0.6 is 12.6 Å². The molecule has 0 aromatic heterocycles. The first-order valence-electron chi connectivity index (χ1n) is 38.7. The first kappa shape index (κ1) is 106. The second-order valence-corrected chi connectivity index (χ2v) is 29.5. The zero-order valence-corrected chi connectivity index (χ0v) is 69.1. The zero-order valence-electron chi connectivity index (χ0n) is 68.2. The monoisotopic (exact) mass is 1760 g/mol. The molecule has 0 aliphatic carbocycles. The van der Waals surface area contributed by atoms with Crippen LogP contribution in [0, 0.1) is 5.92 Å². The van der Waals surface area contributed by atoms with Crippen LogP contribution in [0.2, 0.25) is 0 Å². The Labute approximate surface area is 704 Å². The molecule has 1 aliphatic heterocycles. The van der Waals surface area contributed by atoms with Gasteiger partial charge in [0.1, 0.15) is 90.3 Å². The highest BCUT2D eigenvalue weighted by Crippen LogP contribution is 2.21. The molecule has 50 heteroatoms. The first-order chi connectivity index (χ1) is 57.1. The van der Waals surface area contributed by atoms with Crippen molar-refractivity contribution in [1.29, 1.82) is 0 Å². The van der Waals surface area contributed by atoms with E-state index in [1.807, 2.05) is 5.32 Å². The predicted molar refractivity (Wildman–Crippen MR) is 427 cm³/mol. The van der Waals surface area contributed by atoms with E-state index in [0.717, 1.165) is 25.7 Å². The lowest BCUT2D eigenvalue weighted by Gasteiger charge is -2.31. The lowest BCUT2D eigenvalue weighted by atomic mass is 10.0. The fourth-order valence-corrected chi connectivity index (χ4v) is 12.0. The Morgan fingerprint density at radius 3 is 1.37 bits per heavy atom.